The zero-order valence-electron chi connectivity index (χ0n) is 21.6. The normalized spacial score (nSPS) is 36.5. The number of aromatic nitrogens is 2. The van der Waals surface area contributed by atoms with Gasteiger partial charge in [0.05, 0.1) is 48.2 Å². The number of halogens is 3. The van der Waals surface area contributed by atoms with Crippen molar-refractivity contribution in [1.29, 1.82) is 0 Å². The molecule has 0 aromatic carbocycles. The lowest BCUT2D eigenvalue weighted by Gasteiger charge is -2.52. The molecular formula is C26H36F3N5O4. The molecule has 3 aliphatic heterocycles. The van der Waals surface area contributed by atoms with Gasteiger partial charge in [-0.3, -0.25) is 9.78 Å². The molecule has 0 unspecified atom stereocenters. The van der Waals surface area contributed by atoms with Crippen LogP contribution in [-0.4, -0.2) is 95.2 Å². The van der Waals surface area contributed by atoms with E-state index in [9.17, 15) is 23.1 Å². The van der Waals surface area contributed by atoms with Crippen molar-refractivity contribution in [3.63, 3.8) is 0 Å². The fourth-order valence-electron chi connectivity index (χ4n) is 7.53. The number of nitrogens with one attached hydrogen (secondary N) is 1. The highest BCUT2D eigenvalue weighted by Gasteiger charge is 2.64. The highest BCUT2D eigenvalue weighted by molar-refractivity contribution is 5.86. The van der Waals surface area contributed by atoms with Crippen molar-refractivity contribution in [1.82, 2.24) is 20.2 Å². The van der Waals surface area contributed by atoms with Crippen LogP contribution in [0, 0.1) is 5.41 Å². The number of ether oxygens (including phenoxy) is 2. The lowest BCUT2D eigenvalue weighted by Crippen LogP contribution is -2.63. The van der Waals surface area contributed by atoms with Gasteiger partial charge in [-0.25, -0.2) is 4.98 Å². The standard InChI is InChI=1S/C26H36F3N5O4/c1-37-20-15-38-8-4-19(20)31-16-3-7-24(10-16,25(36)5-2-6-25)23(35)34-14-17-9-18(34)13-33(17)22-12-30-11-21(32-22)26(27,28)29/h11-12,16-20,31,36H,2-10,13-15H2,1H3/t16-,17-,18+,19+,20-,24-/m1/s1. The van der Waals surface area contributed by atoms with Gasteiger partial charge >= 0.3 is 6.18 Å². The summed E-state index contributed by atoms with van der Waals surface area (Å²) in [5.41, 5.74) is -2.87. The monoisotopic (exact) mass is 539 g/mol. The molecule has 2 N–H and O–H groups in total. The number of methoxy groups -OCH3 is 1. The van der Waals surface area contributed by atoms with Crippen molar-refractivity contribution in [2.75, 3.05) is 38.3 Å². The number of amides is 1. The van der Waals surface area contributed by atoms with Crippen molar-refractivity contribution in [3.05, 3.63) is 18.1 Å². The molecular weight excluding hydrogens is 503 g/mol. The number of carbonyl (C=O) groups excluding carboxylic acids is 1. The second-order valence-corrected chi connectivity index (χ2v) is 11.7. The molecule has 0 radical (unpaired) electrons. The van der Waals surface area contributed by atoms with E-state index in [-0.39, 0.29) is 42.0 Å². The number of piperazine rings is 1. The minimum atomic E-state index is -4.56. The number of hydrogen-bond donors (Lipinski definition) is 2. The van der Waals surface area contributed by atoms with Crippen LogP contribution < -0.4 is 10.2 Å². The van der Waals surface area contributed by atoms with E-state index in [1.165, 1.54) is 6.20 Å². The lowest BCUT2D eigenvalue weighted by atomic mass is 9.59. The van der Waals surface area contributed by atoms with Crippen LogP contribution in [0.1, 0.15) is 57.1 Å². The first kappa shape index (κ1) is 26.2. The summed E-state index contributed by atoms with van der Waals surface area (Å²) >= 11 is 0. The van der Waals surface area contributed by atoms with Crippen LogP contribution in [0.25, 0.3) is 0 Å². The highest BCUT2D eigenvalue weighted by Crippen LogP contribution is 2.57. The molecule has 4 heterocycles. The quantitative estimate of drug-likeness (QED) is 0.568. The summed E-state index contributed by atoms with van der Waals surface area (Å²) in [6.45, 7) is 2.05. The maximum Gasteiger partial charge on any atom is 0.434 e. The van der Waals surface area contributed by atoms with Crippen molar-refractivity contribution in [2.45, 2.75) is 93.4 Å². The van der Waals surface area contributed by atoms with E-state index < -0.39 is 22.9 Å². The average Bonchev–Trinajstić information content (AvgIpc) is 3.62. The Morgan fingerprint density at radius 1 is 1.21 bits per heavy atom. The number of aliphatic hydroxyl groups is 1. The molecule has 1 aromatic heterocycles. The van der Waals surface area contributed by atoms with E-state index in [1.807, 2.05) is 9.80 Å². The topological polar surface area (TPSA) is 100 Å². The molecule has 1 amide bonds. The fourth-order valence-corrected chi connectivity index (χ4v) is 7.53. The third-order valence-electron chi connectivity index (χ3n) is 9.76. The Balaban J connectivity index is 1.17. The average molecular weight is 540 g/mol. The number of likely N-dealkylation sites (tertiary alicyclic amines) is 1. The second-order valence-electron chi connectivity index (χ2n) is 11.7. The molecule has 210 valence electrons. The van der Waals surface area contributed by atoms with Crippen LogP contribution in [0.2, 0.25) is 0 Å². The number of carbonyl (C=O) groups is 1. The van der Waals surface area contributed by atoms with Crippen LogP contribution in [0.3, 0.4) is 0 Å². The Morgan fingerprint density at radius 2 is 2.03 bits per heavy atom. The van der Waals surface area contributed by atoms with Crippen molar-refractivity contribution in [3.8, 4) is 0 Å². The third kappa shape index (κ3) is 4.28. The Kier molecular flexibility index (Phi) is 6.60. The van der Waals surface area contributed by atoms with Gasteiger partial charge in [0.1, 0.15) is 5.82 Å². The lowest BCUT2D eigenvalue weighted by molar-refractivity contribution is -0.178. The Hall–Kier alpha value is -2.02. The summed E-state index contributed by atoms with van der Waals surface area (Å²) in [5.74, 6) is 0.197. The number of anilines is 1. The summed E-state index contributed by atoms with van der Waals surface area (Å²) in [7, 11) is 1.68. The highest BCUT2D eigenvalue weighted by atomic mass is 19.4. The van der Waals surface area contributed by atoms with Gasteiger partial charge in [-0.1, -0.05) is 0 Å². The molecule has 2 saturated carbocycles. The van der Waals surface area contributed by atoms with Crippen molar-refractivity contribution in [2.24, 2.45) is 5.41 Å². The largest absolute Gasteiger partial charge is 0.434 e. The van der Waals surface area contributed by atoms with Gasteiger partial charge in [-0.15, -0.1) is 0 Å². The molecule has 6 rings (SSSR count). The molecule has 12 heteroatoms. The van der Waals surface area contributed by atoms with Crippen LogP contribution >= 0.6 is 0 Å². The van der Waals surface area contributed by atoms with E-state index in [0.29, 0.717) is 58.4 Å². The van der Waals surface area contributed by atoms with Gasteiger partial charge in [-0.2, -0.15) is 13.2 Å². The zero-order chi connectivity index (χ0) is 26.7. The molecule has 1 aromatic rings. The zero-order valence-corrected chi connectivity index (χ0v) is 21.6. The minimum Gasteiger partial charge on any atom is -0.389 e. The molecule has 3 saturated heterocycles. The van der Waals surface area contributed by atoms with Gasteiger partial charge < -0.3 is 29.7 Å². The van der Waals surface area contributed by atoms with E-state index >= 15 is 0 Å². The predicted molar refractivity (Wildman–Crippen MR) is 130 cm³/mol. The van der Waals surface area contributed by atoms with Crippen molar-refractivity contribution < 1.29 is 32.5 Å². The Bertz CT molecular complexity index is 1060. The summed E-state index contributed by atoms with van der Waals surface area (Å²) in [5, 5.41) is 15.4. The molecule has 0 spiro atoms. The number of rotatable bonds is 6. The number of alkyl halides is 3. The minimum absolute atomic E-state index is 0.00143. The van der Waals surface area contributed by atoms with E-state index in [1.54, 1.807) is 7.11 Å². The van der Waals surface area contributed by atoms with Crippen LogP contribution in [0.4, 0.5) is 19.0 Å². The molecule has 9 nitrogen and oxygen atoms in total. The van der Waals surface area contributed by atoms with Crippen LogP contribution in [-0.2, 0) is 20.4 Å². The van der Waals surface area contributed by atoms with Gasteiger partial charge in [0.2, 0.25) is 5.91 Å². The molecule has 5 aliphatic rings. The molecule has 2 aliphatic carbocycles. The first-order valence-corrected chi connectivity index (χ1v) is 13.7. The SMILES string of the molecule is CO[C@@H]1COCC[C@@H]1N[C@@H]1CC[C@@](C(=O)N2C[C@H]3C[C@H]2CN3c2cncc(C(F)(F)F)n2)(C2(O)CCC2)C1. The Labute approximate surface area is 220 Å². The van der Waals surface area contributed by atoms with Gasteiger partial charge in [0, 0.05) is 38.9 Å². The summed E-state index contributed by atoms with van der Waals surface area (Å²) in [6.07, 6.45) is 3.16. The molecule has 6 atom stereocenters. The van der Waals surface area contributed by atoms with Gasteiger partial charge in [-0.05, 0) is 51.4 Å². The first-order valence-electron chi connectivity index (χ1n) is 13.7. The molecule has 5 fully saturated rings. The summed E-state index contributed by atoms with van der Waals surface area (Å²) in [6, 6.07) is 0.00576. The first-order chi connectivity index (χ1) is 18.1. The molecule has 38 heavy (non-hydrogen) atoms. The second kappa shape index (κ2) is 9.57. The van der Waals surface area contributed by atoms with Crippen LogP contribution in [0.5, 0.6) is 0 Å². The molecule has 2 bridgehead atoms. The van der Waals surface area contributed by atoms with E-state index in [4.69, 9.17) is 9.47 Å². The summed E-state index contributed by atoms with van der Waals surface area (Å²) < 4.78 is 50.7. The predicted octanol–water partition coefficient (Wildman–Crippen LogP) is 2.13. The smallest absolute Gasteiger partial charge is 0.389 e. The fraction of sp³-hybridized carbons (Fsp3) is 0.808. The third-order valence-corrected chi connectivity index (χ3v) is 9.76. The van der Waals surface area contributed by atoms with E-state index in [0.717, 1.165) is 25.5 Å². The van der Waals surface area contributed by atoms with Crippen LogP contribution in [0.15, 0.2) is 12.4 Å². The number of fused-ring (bicyclic) bond motifs is 2. The number of nitrogens with zero attached hydrogens (tertiary/aromatic N) is 4. The maximum atomic E-state index is 14.3. The Morgan fingerprint density at radius 3 is 2.68 bits per heavy atom. The summed E-state index contributed by atoms with van der Waals surface area (Å²) in [4.78, 5) is 25.6. The number of hydrogen-bond acceptors (Lipinski definition) is 8. The van der Waals surface area contributed by atoms with Gasteiger partial charge in [0.15, 0.2) is 5.69 Å². The maximum absolute atomic E-state index is 14.3. The van der Waals surface area contributed by atoms with Crippen molar-refractivity contribution >= 4 is 11.7 Å². The van der Waals surface area contributed by atoms with E-state index in [2.05, 4.69) is 15.3 Å². The van der Waals surface area contributed by atoms with Gasteiger partial charge in [0.25, 0.3) is 0 Å².